The first-order chi connectivity index (χ1) is 4.30. The Kier molecular flexibility index (Phi) is 1.87. The highest BCUT2D eigenvalue weighted by Crippen LogP contribution is 2.02. The van der Waals surface area contributed by atoms with Crippen molar-refractivity contribution < 1.29 is 10.2 Å². The van der Waals surface area contributed by atoms with Crippen molar-refractivity contribution in [2.24, 2.45) is 0 Å². The van der Waals surface area contributed by atoms with E-state index < -0.39 is 6.29 Å². The van der Waals surface area contributed by atoms with Gasteiger partial charge < -0.3 is 15.5 Å². The molecule has 0 spiro atoms. The maximum atomic E-state index is 8.59. The maximum absolute atomic E-state index is 8.59. The SMILES string of the molecule is OC(O)C1=CCNC=C1. The fraction of sp³-hybridized carbons (Fsp3) is 0.333. The molecule has 0 fully saturated rings. The molecule has 3 nitrogen and oxygen atoms in total. The lowest BCUT2D eigenvalue weighted by Crippen LogP contribution is -2.15. The zero-order valence-electron chi connectivity index (χ0n) is 4.91. The average Bonchev–Trinajstić information content (AvgIpc) is 1.90. The largest absolute Gasteiger partial charge is 0.387 e. The fourth-order valence-electron chi connectivity index (χ4n) is 0.659. The van der Waals surface area contributed by atoms with Crippen molar-refractivity contribution in [3.05, 3.63) is 23.9 Å². The molecule has 0 aromatic carbocycles. The summed E-state index contributed by atoms with van der Waals surface area (Å²) in [7, 11) is 0. The third-order valence-electron chi connectivity index (χ3n) is 1.15. The topological polar surface area (TPSA) is 52.5 Å². The highest BCUT2D eigenvalue weighted by atomic mass is 16.5. The molecule has 0 saturated heterocycles. The van der Waals surface area contributed by atoms with Gasteiger partial charge in [0.15, 0.2) is 6.29 Å². The molecule has 0 aliphatic carbocycles. The summed E-state index contributed by atoms with van der Waals surface area (Å²) in [4.78, 5) is 0. The van der Waals surface area contributed by atoms with Crippen molar-refractivity contribution in [1.82, 2.24) is 5.32 Å². The highest BCUT2D eigenvalue weighted by molar-refractivity contribution is 5.23. The number of hydrogen-bond donors (Lipinski definition) is 3. The fourth-order valence-corrected chi connectivity index (χ4v) is 0.659. The number of aliphatic hydroxyl groups excluding tert-OH is 1. The second-order valence-corrected chi connectivity index (χ2v) is 1.82. The first-order valence-electron chi connectivity index (χ1n) is 2.77. The molecule has 1 heterocycles. The van der Waals surface area contributed by atoms with Gasteiger partial charge in [-0.1, -0.05) is 6.08 Å². The summed E-state index contributed by atoms with van der Waals surface area (Å²) < 4.78 is 0. The van der Waals surface area contributed by atoms with Gasteiger partial charge in [-0.2, -0.15) is 0 Å². The Balaban J connectivity index is 2.58. The van der Waals surface area contributed by atoms with E-state index in [2.05, 4.69) is 5.32 Å². The van der Waals surface area contributed by atoms with Crippen LogP contribution in [0.1, 0.15) is 0 Å². The maximum Gasteiger partial charge on any atom is 0.178 e. The van der Waals surface area contributed by atoms with Crippen molar-refractivity contribution in [2.45, 2.75) is 6.29 Å². The van der Waals surface area contributed by atoms with Gasteiger partial charge in [-0.05, 0) is 12.3 Å². The van der Waals surface area contributed by atoms with Crippen LogP contribution in [0.5, 0.6) is 0 Å². The lowest BCUT2D eigenvalue weighted by atomic mass is 10.2. The summed E-state index contributed by atoms with van der Waals surface area (Å²) in [5.74, 6) is 0. The average molecular weight is 127 g/mol. The van der Waals surface area contributed by atoms with Crippen molar-refractivity contribution in [3.63, 3.8) is 0 Å². The zero-order valence-corrected chi connectivity index (χ0v) is 4.91. The van der Waals surface area contributed by atoms with E-state index in [1.54, 1.807) is 18.4 Å². The van der Waals surface area contributed by atoms with Crippen LogP contribution in [0.3, 0.4) is 0 Å². The van der Waals surface area contributed by atoms with Crippen LogP contribution in [0.25, 0.3) is 0 Å². The van der Waals surface area contributed by atoms with Gasteiger partial charge in [0.1, 0.15) is 0 Å². The van der Waals surface area contributed by atoms with Crippen molar-refractivity contribution >= 4 is 0 Å². The molecule has 1 rings (SSSR count). The lowest BCUT2D eigenvalue weighted by Gasteiger charge is -2.08. The van der Waals surface area contributed by atoms with Gasteiger partial charge >= 0.3 is 0 Å². The summed E-state index contributed by atoms with van der Waals surface area (Å²) in [6.45, 7) is 0.670. The Morgan fingerprint density at radius 3 is 2.67 bits per heavy atom. The third-order valence-corrected chi connectivity index (χ3v) is 1.15. The summed E-state index contributed by atoms with van der Waals surface area (Å²) in [6.07, 6.45) is 3.72. The number of dihydropyridines is 1. The van der Waals surface area contributed by atoms with E-state index in [1.165, 1.54) is 0 Å². The van der Waals surface area contributed by atoms with Crippen molar-refractivity contribution in [3.8, 4) is 0 Å². The lowest BCUT2D eigenvalue weighted by molar-refractivity contribution is -0.00522. The van der Waals surface area contributed by atoms with E-state index in [1.807, 2.05) is 0 Å². The molecule has 0 amide bonds. The molecule has 1 aliphatic rings. The predicted octanol–water partition coefficient (Wildman–Crippen LogP) is -0.660. The van der Waals surface area contributed by atoms with E-state index in [4.69, 9.17) is 10.2 Å². The van der Waals surface area contributed by atoms with Crippen molar-refractivity contribution in [1.29, 1.82) is 0 Å². The molecule has 0 bridgehead atoms. The van der Waals surface area contributed by atoms with E-state index in [9.17, 15) is 0 Å². The summed E-state index contributed by atoms with van der Waals surface area (Å²) in [6, 6.07) is 0. The summed E-state index contributed by atoms with van der Waals surface area (Å²) in [5, 5.41) is 20.1. The van der Waals surface area contributed by atoms with E-state index in [0.29, 0.717) is 12.1 Å². The number of rotatable bonds is 1. The smallest absolute Gasteiger partial charge is 0.178 e. The third kappa shape index (κ3) is 1.55. The Labute approximate surface area is 53.3 Å². The monoisotopic (exact) mass is 127 g/mol. The second kappa shape index (κ2) is 2.66. The Morgan fingerprint density at radius 1 is 1.56 bits per heavy atom. The predicted molar refractivity (Wildman–Crippen MR) is 33.5 cm³/mol. The molecule has 3 heteroatoms. The summed E-state index contributed by atoms with van der Waals surface area (Å²) in [5.41, 5.74) is 0.550. The number of aliphatic hydroxyl groups is 2. The van der Waals surface area contributed by atoms with Crippen LogP contribution in [0.2, 0.25) is 0 Å². The molecule has 0 unspecified atom stereocenters. The second-order valence-electron chi connectivity index (χ2n) is 1.82. The molecular weight excluding hydrogens is 118 g/mol. The van der Waals surface area contributed by atoms with Gasteiger partial charge in [0.05, 0.1) is 0 Å². The summed E-state index contributed by atoms with van der Waals surface area (Å²) >= 11 is 0. The Morgan fingerprint density at radius 2 is 2.33 bits per heavy atom. The number of nitrogens with one attached hydrogen (secondary N) is 1. The van der Waals surface area contributed by atoms with Crippen LogP contribution in [-0.4, -0.2) is 23.0 Å². The minimum absolute atomic E-state index is 0.550. The zero-order chi connectivity index (χ0) is 6.69. The van der Waals surface area contributed by atoms with Gasteiger partial charge in [-0.15, -0.1) is 0 Å². The van der Waals surface area contributed by atoms with Crippen LogP contribution in [0.4, 0.5) is 0 Å². The van der Waals surface area contributed by atoms with Gasteiger partial charge in [0, 0.05) is 12.1 Å². The standard InChI is InChI=1S/C6H9NO2/c8-6(9)5-1-3-7-4-2-5/h1-3,6-9H,4H2. The quantitative estimate of drug-likeness (QED) is 0.410. The first-order valence-corrected chi connectivity index (χ1v) is 2.77. The van der Waals surface area contributed by atoms with Crippen LogP contribution in [-0.2, 0) is 0 Å². The van der Waals surface area contributed by atoms with Crippen LogP contribution in [0.15, 0.2) is 23.9 Å². The molecule has 0 radical (unpaired) electrons. The molecule has 50 valence electrons. The molecule has 0 saturated carbocycles. The minimum atomic E-state index is -1.33. The van der Waals surface area contributed by atoms with E-state index in [-0.39, 0.29) is 0 Å². The van der Waals surface area contributed by atoms with Crippen LogP contribution in [0, 0.1) is 0 Å². The molecule has 1 aliphatic heterocycles. The normalized spacial score (nSPS) is 17.4. The van der Waals surface area contributed by atoms with Crippen molar-refractivity contribution in [2.75, 3.05) is 6.54 Å². The first kappa shape index (κ1) is 6.32. The number of hydrogen-bond acceptors (Lipinski definition) is 3. The van der Waals surface area contributed by atoms with E-state index >= 15 is 0 Å². The Hall–Kier alpha value is -0.800. The molecule has 0 aromatic heterocycles. The van der Waals surface area contributed by atoms with Gasteiger partial charge in [0.2, 0.25) is 0 Å². The Bertz CT molecular complexity index is 149. The molecular formula is C6H9NO2. The van der Waals surface area contributed by atoms with Crippen LogP contribution >= 0.6 is 0 Å². The highest BCUT2D eigenvalue weighted by Gasteiger charge is 2.02. The van der Waals surface area contributed by atoms with Gasteiger partial charge in [-0.25, -0.2) is 0 Å². The molecule has 3 N–H and O–H groups in total. The molecule has 9 heavy (non-hydrogen) atoms. The van der Waals surface area contributed by atoms with Crippen LogP contribution < -0.4 is 5.32 Å². The molecule has 0 atom stereocenters. The molecule has 0 aromatic rings. The minimum Gasteiger partial charge on any atom is -0.387 e. The van der Waals surface area contributed by atoms with E-state index in [0.717, 1.165) is 0 Å². The van der Waals surface area contributed by atoms with Gasteiger partial charge in [0.25, 0.3) is 0 Å². The van der Waals surface area contributed by atoms with Gasteiger partial charge in [-0.3, -0.25) is 0 Å².